The van der Waals surface area contributed by atoms with Crippen LogP contribution >= 0.6 is 0 Å². The Morgan fingerprint density at radius 3 is 2.83 bits per heavy atom. The Hall–Kier alpha value is -0.790. The minimum absolute atomic E-state index is 0.736. The Bertz CT molecular complexity index is 299. The fourth-order valence-corrected chi connectivity index (χ4v) is 2.08. The number of fused-ring (bicyclic) bond motifs is 1. The van der Waals surface area contributed by atoms with Crippen molar-refractivity contribution in [3.63, 3.8) is 0 Å². The van der Waals surface area contributed by atoms with Crippen molar-refractivity contribution in [3.05, 3.63) is 17.0 Å². The predicted molar refractivity (Wildman–Crippen MR) is 45.1 cm³/mol. The fourth-order valence-electron chi connectivity index (χ4n) is 2.08. The quantitative estimate of drug-likeness (QED) is 0.635. The molecule has 1 aromatic heterocycles. The summed E-state index contributed by atoms with van der Waals surface area (Å²) in [4.78, 5) is 0. The molecule has 0 bridgehead atoms. The molecule has 2 heteroatoms. The Labute approximate surface area is 71.9 Å². The van der Waals surface area contributed by atoms with Crippen molar-refractivity contribution in [2.75, 3.05) is 0 Å². The van der Waals surface area contributed by atoms with Crippen molar-refractivity contribution in [2.45, 2.75) is 44.4 Å². The summed E-state index contributed by atoms with van der Waals surface area (Å²) in [6.07, 6.45) is 7.62. The van der Waals surface area contributed by atoms with E-state index in [2.05, 4.69) is 5.16 Å². The van der Waals surface area contributed by atoms with Crippen molar-refractivity contribution in [2.24, 2.45) is 0 Å². The van der Waals surface area contributed by atoms with E-state index in [9.17, 15) is 0 Å². The van der Waals surface area contributed by atoms with Crippen molar-refractivity contribution in [1.29, 1.82) is 0 Å². The molecule has 1 fully saturated rings. The van der Waals surface area contributed by atoms with Crippen LogP contribution in [0.1, 0.15) is 48.6 Å². The van der Waals surface area contributed by atoms with Gasteiger partial charge in [0, 0.05) is 11.5 Å². The summed E-state index contributed by atoms with van der Waals surface area (Å²) in [7, 11) is 0. The van der Waals surface area contributed by atoms with Crippen LogP contribution in [0.4, 0.5) is 0 Å². The van der Waals surface area contributed by atoms with Gasteiger partial charge in [0.15, 0.2) is 0 Å². The fraction of sp³-hybridized carbons (Fsp3) is 0.700. The van der Waals surface area contributed by atoms with Gasteiger partial charge in [0.1, 0.15) is 5.76 Å². The second kappa shape index (κ2) is 2.35. The highest BCUT2D eigenvalue weighted by Crippen LogP contribution is 2.43. The molecule has 0 atom stereocenters. The molecular formula is C10H13NO. The van der Waals surface area contributed by atoms with Crippen LogP contribution in [0.2, 0.25) is 0 Å². The number of hydrogen-bond donors (Lipinski definition) is 0. The molecule has 0 amide bonds. The first-order valence-corrected chi connectivity index (χ1v) is 4.92. The zero-order valence-corrected chi connectivity index (χ0v) is 7.18. The average Bonchev–Trinajstić information content (AvgIpc) is 2.86. The topological polar surface area (TPSA) is 26.0 Å². The van der Waals surface area contributed by atoms with Crippen molar-refractivity contribution in [3.8, 4) is 0 Å². The number of rotatable bonds is 1. The van der Waals surface area contributed by atoms with Gasteiger partial charge in [-0.2, -0.15) is 0 Å². The van der Waals surface area contributed by atoms with Gasteiger partial charge in [0.25, 0.3) is 0 Å². The van der Waals surface area contributed by atoms with Gasteiger partial charge in [-0.1, -0.05) is 5.16 Å². The average molecular weight is 163 g/mol. The smallest absolute Gasteiger partial charge is 0.143 e. The van der Waals surface area contributed by atoms with Gasteiger partial charge in [-0.3, -0.25) is 0 Å². The van der Waals surface area contributed by atoms with E-state index >= 15 is 0 Å². The second-order valence-corrected chi connectivity index (χ2v) is 3.95. The molecule has 12 heavy (non-hydrogen) atoms. The number of hydrogen-bond acceptors (Lipinski definition) is 2. The van der Waals surface area contributed by atoms with Crippen LogP contribution < -0.4 is 0 Å². The summed E-state index contributed by atoms with van der Waals surface area (Å²) in [6.45, 7) is 0. The van der Waals surface area contributed by atoms with Crippen LogP contribution in [0.3, 0.4) is 0 Å². The van der Waals surface area contributed by atoms with E-state index in [-0.39, 0.29) is 0 Å². The molecule has 1 heterocycles. The van der Waals surface area contributed by atoms with Crippen LogP contribution in [-0.2, 0) is 12.8 Å². The van der Waals surface area contributed by atoms with E-state index in [1.54, 1.807) is 0 Å². The molecule has 1 saturated carbocycles. The first-order valence-electron chi connectivity index (χ1n) is 4.92. The van der Waals surface area contributed by atoms with E-state index in [1.807, 2.05) is 0 Å². The van der Waals surface area contributed by atoms with Gasteiger partial charge in [-0.25, -0.2) is 0 Å². The lowest BCUT2D eigenvalue weighted by Crippen LogP contribution is -2.01. The second-order valence-electron chi connectivity index (χ2n) is 3.95. The summed E-state index contributed by atoms with van der Waals surface area (Å²) in [6, 6.07) is 0. The molecule has 0 unspecified atom stereocenters. The van der Waals surface area contributed by atoms with Gasteiger partial charge >= 0.3 is 0 Å². The van der Waals surface area contributed by atoms with Crippen LogP contribution in [-0.4, -0.2) is 5.16 Å². The predicted octanol–water partition coefficient (Wildman–Crippen LogP) is 2.43. The molecule has 0 spiro atoms. The number of aryl methyl sites for hydroxylation is 1. The Morgan fingerprint density at radius 1 is 1.17 bits per heavy atom. The summed E-state index contributed by atoms with van der Waals surface area (Å²) in [5.41, 5.74) is 2.71. The molecule has 0 N–H and O–H groups in total. The van der Waals surface area contributed by atoms with Crippen molar-refractivity contribution >= 4 is 0 Å². The highest BCUT2D eigenvalue weighted by molar-refractivity contribution is 5.30. The molecule has 1 aromatic rings. The zero-order valence-electron chi connectivity index (χ0n) is 7.18. The van der Waals surface area contributed by atoms with Crippen LogP contribution in [0.25, 0.3) is 0 Å². The summed E-state index contributed by atoms with van der Waals surface area (Å²) in [5, 5.41) is 4.14. The first-order chi connectivity index (χ1) is 5.95. The molecule has 0 radical (unpaired) electrons. The summed E-state index contributed by atoms with van der Waals surface area (Å²) < 4.78 is 5.39. The van der Waals surface area contributed by atoms with Crippen LogP contribution in [0.15, 0.2) is 4.52 Å². The molecule has 64 valence electrons. The lowest BCUT2D eigenvalue weighted by Gasteiger charge is -2.08. The van der Waals surface area contributed by atoms with Crippen LogP contribution in [0.5, 0.6) is 0 Å². The monoisotopic (exact) mass is 163 g/mol. The Morgan fingerprint density at radius 2 is 2.00 bits per heavy atom. The molecule has 2 aliphatic rings. The third-order valence-electron chi connectivity index (χ3n) is 2.94. The lowest BCUT2D eigenvalue weighted by atomic mass is 9.95. The third kappa shape index (κ3) is 0.904. The van der Waals surface area contributed by atoms with E-state index in [0.717, 1.165) is 12.3 Å². The standard InChI is InChI=1S/C10H13NO/c1-2-4-9-8(3-1)10(12-11-9)7-5-6-7/h7H,1-6H2. The zero-order chi connectivity index (χ0) is 7.97. The minimum atomic E-state index is 0.736. The normalized spacial score (nSPS) is 22.3. The van der Waals surface area contributed by atoms with E-state index in [0.29, 0.717) is 0 Å². The van der Waals surface area contributed by atoms with E-state index in [1.165, 1.54) is 49.1 Å². The third-order valence-corrected chi connectivity index (χ3v) is 2.94. The van der Waals surface area contributed by atoms with E-state index < -0.39 is 0 Å². The highest BCUT2D eigenvalue weighted by atomic mass is 16.5. The maximum atomic E-state index is 5.39. The molecule has 0 aromatic carbocycles. The largest absolute Gasteiger partial charge is 0.361 e. The van der Waals surface area contributed by atoms with E-state index in [4.69, 9.17) is 4.52 Å². The highest BCUT2D eigenvalue weighted by Gasteiger charge is 2.32. The SMILES string of the molecule is C1CCc2c(noc2C2CC2)C1. The van der Waals surface area contributed by atoms with Gasteiger partial charge in [-0.15, -0.1) is 0 Å². The number of nitrogens with zero attached hydrogens (tertiary/aromatic N) is 1. The van der Waals surface area contributed by atoms with Crippen LogP contribution in [0, 0.1) is 0 Å². The Balaban J connectivity index is 2.03. The minimum Gasteiger partial charge on any atom is -0.361 e. The molecular weight excluding hydrogens is 150 g/mol. The molecule has 2 nitrogen and oxygen atoms in total. The van der Waals surface area contributed by atoms with Gasteiger partial charge in [0.2, 0.25) is 0 Å². The van der Waals surface area contributed by atoms with Crippen molar-refractivity contribution < 1.29 is 4.52 Å². The molecule has 3 rings (SSSR count). The Kier molecular flexibility index (Phi) is 1.31. The summed E-state index contributed by atoms with van der Waals surface area (Å²) in [5.74, 6) is 1.96. The van der Waals surface area contributed by atoms with Gasteiger partial charge in [-0.05, 0) is 38.5 Å². The lowest BCUT2D eigenvalue weighted by molar-refractivity contribution is 0.378. The van der Waals surface area contributed by atoms with Gasteiger partial charge < -0.3 is 4.52 Å². The molecule has 0 saturated heterocycles. The molecule has 2 aliphatic carbocycles. The molecule has 0 aliphatic heterocycles. The maximum absolute atomic E-state index is 5.39. The summed E-state index contributed by atoms with van der Waals surface area (Å²) >= 11 is 0. The first kappa shape index (κ1) is 6.70. The van der Waals surface area contributed by atoms with Gasteiger partial charge in [0.05, 0.1) is 5.69 Å². The van der Waals surface area contributed by atoms with Crippen molar-refractivity contribution in [1.82, 2.24) is 5.16 Å². The number of aromatic nitrogens is 1. The maximum Gasteiger partial charge on any atom is 0.143 e.